The van der Waals surface area contributed by atoms with Crippen LogP contribution < -0.4 is 16.0 Å². The Morgan fingerprint density at radius 3 is 2.79 bits per heavy atom. The van der Waals surface area contributed by atoms with E-state index in [0.29, 0.717) is 10.6 Å². The summed E-state index contributed by atoms with van der Waals surface area (Å²) in [5.74, 6) is 0.165. The largest absolute Gasteiger partial charge is 0.366 e. The van der Waals surface area contributed by atoms with Crippen molar-refractivity contribution >= 4 is 45.0 Å². The van der Waals surface area contributed by atoms with Gasteiger partial charge in [0.1, 0.15) is 17.1 Å². The van der Waals surface area contributed by atoms with E-state index in [0.717, 1.165) is 43.0 Å². The molecule has 0 spiro atoms. The second-order valence-electron chi connectivity index (χ2n) is 6.54. The zero-order valence-corrected chi connectivity index (χ0v) is 16.1. The fourth-order valence-electron chi connectivity index (χ4n) is 3.29. The van der Waals surface area contributed by atoms with Gasteiger partial charge in [0.2, 0.25) is 5.91 Å². The maximum atomic E-state index is 12.3. The summed E-state index contributed by atoms with van der Waals surface area (Å²) in [5, 5.41) is 10.2. The maximum absolute atomic E-state index is 12.3. The number of amides is 2. The molecule has 0 bridgehead atoms. The number of nitrogens with zero attached hydrogens (tertiary/aromatic N) is 6. The number of hydrogen-bond acceptors (Lipinski definition) is 8. The number of nitrogens with two attached hydrogens (primary N) is 1. The molecule has 1 aliphatic rings. The highest BCUT2D eigenvalue weighted by atomic mass is 32.1. The summed E-state index contributed by atoms with van der Waals surface area (Å²) >= 11 is 1.29. The van der Waals surface area contributed by atoms with Gasteiger partial charge in [0, 0.05) is 33.2 Å². The predicted molar refractivity (Wildman–Crippen MR) is 106 cm³/mol. The summed E-state index contributed by atoms with van der Waals surface area (Å²) in [6, 6.07) is 1.61. The predicted octanol–water partition coefficient (Wildman–Crippen LogP) is 0.284. The van der Waals surface area contributed by atoms with Gasteiger partial charge in [0.05, 0.1) is 23.7 Å². The Morgan fingerprint density at radius 1 is 1.25 bits per heavy atom. The number of carbonyl (C=O) groups is 2. The lowest BCUT2D eigenvalue weighted by molar-refractivity contribution is -0.117. The van der Waals surface area contributed by atoms with Crippen LogP contribution in [0.2, 0.25) is 0 Å². The number of anilines is 2. The van der Waals surface area contributed by atoms with Crippen molar-refractivity contribution in [3.8, 4) is 0 Å². The molecule has 2 amide bonds. The van der Waals surface area contributed by atoms with Crippen molar-refractivity contribution in [2.45, 2.75) is 0 Å². The SMILES string of the molecule is Cn1ncc2c(N3CCN(CC(=O)Nc4sccc4C(N)=O)CC3)ncnc21. The summed E-state index contributed by atoms with van der Waals surface area (Å²) in [6.45, 7) is 3.22. The van der Waals surface area contributed by atoms with Crippen molar-refractivity contribution in [2.75, 3.05) is 42.9 Å². The Kier molecular flexibility index (Phi) is 4.92. The van der Waals surface area contributed by atoms with Gasteiger partial charge in [0.25, 0.3) is 5.91 Å². The van der Waals surface area contributed by atoms with Crippen LogP contribution in [0.5, 0.6) is 0 Å². The number of hydrogen-bond donors (Lipinski definition) is 2. The number of piperazine rings is 1. The Bertz CT molecular complexity index is 1020. The van der Waals surface area contributed by atoms with E-state index in [1.54, 1.807) is 28.7 Å². The molecule has 3 aromatic rings. The molecule has 1 saturated heterocycles. The third-order valence-corrected chi connectivity index (χ3v) is 5.56. The molecule has 3 N–H and O–H groups in total. The van der Waals surface area contributed by atoms with E-state index in [1.807, 2.05) is 7.05 Å². The standard InChI is InChI=1S/C17H20N8O2S/c1-23-15-12(8-21-23)16(20-10-19-15)25-5-3-24(4-6-25)9-13(26)22-17-11(14(18)27)2-7-28-17/h2,7-8,10H,3-6,9H2,1H3,(H2,18,27)(H,22,26). The normalized spacial score (nSPS) is 15.1. The molecule has 1 fully saturated rings. The summed E-state index contributed by atoms with van der Waals surface area (Å²) in [5.41, 5.74) is 6.45. The molecule has 146 valence electrons. The van der Waals surface area contributed by atoms with E-state index in [4.69, 9.17) is 5.73 Å². The third kappa shape index (κ3) is 3.53. The molecule has 0 saturated carbocycles. The van der Waals surface area contributed by atoms with Crippen molar-refractivity contribution in [2.24, 2.45) is 12.8 Å². The zero-order chi connectivity index (χ0) is 19.7. The average Bonchev–Trinajstić information content (AvgIpc) is 3.29. The fraction of sp³-hybridized carbons (Fsp3) is 0.353. The van der Waals surface area contributed by atoms with Crippen molar-refractivity contribution < 1.29 is 9.59 Å². The lowest BCUT2D eigenvalue weighted by atomic mass is 10.2. The van der Waals surface area contributed by atoms with Gasteiger partial charge in [-0.1, -0.05) is 0 Å². The minimum Gasteiger partial charge on any atom is -0.366 e. The summed E-state index contributed by atoms with van der Waals surface area (Å²) < 4.78 is 1.73. The fourth-order valence-corrected chi connectivity index (χ4v) is 4.10. The second kappa shape index (κ2) is 7.52. The third-order valence-electron chi connectivity index (χ3n) is 4.73. The first-order valence-corrected chi connectivity index (χ1v) is 9.68. The first-order valence-electron chi connectivity index (χ1n) is 8.80. The Labute approximate surface area is 165 Å². The molecule has 4 rings (SSSR count). The van der Waals surface area contributed by atoms with Crippen LogP contribution in [0.1, 0.15) is 10.4 Å². The molecular formula is C17H20N8O2S. The molecule has 11 heteroatoms. The highest BCUT2D eigenvalue weighted by Gasteiger charge is 2.23. The summed E-state index contributed by atoms with van der Waals surface area (Å²) in [6.07, 6.45) is 3.33. The lowest BCUT2D eigenvalue weighted by Crippen LogP contribution is -2.49. The number of carbonyl (C=O) groups excluding carboxylic acids is 2. The smallest absolute Gasteiger partial charge is 0.251 e. The Hall–Kier alpha value is -3.05. The first-order chi connectivity index (χ1) is 13.5. The number of fused-ring (bicyclic) bond motifs is 1. The summed E-state index contributed by atoms with van der Waals surface area (Å²) in [4.78, 5) is 36.7. The minimum atomic E-state index is -0.545. The number of nitrogens with one attached hydrogen (secondary N) is 1. The molecule has 0 atom stereocenters. The lowest BCUT2D eigenvalue weighted by Gasteiger charge is -2.35. The van der Waals surface area contributed by atoms with Crippen molar-refractivity contribution in [3.63, 3.8) is 0 Å². The van der Waals surface area contributed by atoms with Gasteiger partial charge in [-0.2, -0.15) is 5.10 Å². The van der Waals surface area contributed by atoms with Gasteiger partial charge in [-0.15, -0.1) is 11.3 Å². The Morgan fingerprint density at radius 2 is 2.04 bits per heavy atom. The van der Waals surface area contributed by atoms with Crippen molar-refractivity contribution in [1.29, 1.82) is 0 Å². The average molecular weight is 400 g/mol. The molecule has 0 aliphatic carbocycles. The van der Waals surface area contributed by atoms with E-state index in [1.165, 1.54) is 11.3 Å². The van der Waals surface area contributed by atoms with E-state index in [9.17, 15) is 9.59 Å². The van der Waals surface area contributed by atoms with E-state index < -0.39 is 5.91 Å². The van der Waals surface area contributed by atoms with Crippen molar-refractivity contribution in [1.82, 2.24) is 24.6 Å². The molecule has 3 aromatic heterocycles. The van der Waals surface area contributed by atoms with Gasteiger partial charge < -0.3 is 16.0 Å². The number of aryl methyl sites for hydroxylation is 1. The van der Waals surface area contributed by atoms with Crippen LogP contribution in [0.4, 0.5) is 10.8 Å². The Balaban J connectivity index is 1.36. The van der Waals surface area contributed by atoms with E-state index in [-0.39, 0.29) is 12.5 Å². The maximum Gasteiger partial charge on any atom is 0.251 e. The van der Waals surface area contributed by atoms with E-state index >= 15 is 0 Å². The van der Waals surface area contributed by atoms with Crippen LogP contribution in [0.15, 0.2) is 24.0 Å². The van der Waals surface area contributed by atoms with Gasteiger partial charge in [-0.05, 0) is 11.4 Å². The summed E-state index contributed by atoms with van der Waals surface area (Å²) in [7, 11) is 1.85. The highest BCUT2D eigenvalue weighted by Crippen LogP contribution is 2.24. The van der Waals surface area contributed by atoms with Crippen LogP contribution in [-0.2, 0) is 11.8 Å². The molecule has 0 aromatic carbocycles. The number of rotatable bonds is 5. The van der Waals surface area contributed by atoms with Crippen molar-refractivity contribution in [3.05, 3.63) is 29.5 Å². The first kappa shape index (κ1) is 18.3. The topological polar surface area (TPSA) is 122 Å². The van der Waals surface area contributed by atoms with Crippen LogP contribution in [-0.4, -0.2) is 69.2 Å². The molecule has 10 nitrogen and oxygen atoms in total. The molecule has 0 unspecified atom stereocenters. The monoisotopic (exact) mass is 400 g/mol. The van der Waals surface area contributed by atoms with Crippen LogP contribution in [0.3, 0.4) is 0 Å². The zero-order valence-electron chi connectivity index (χ0n) is 15.3. The quantitative estimate of drug-likeness (QED) is 0.631. The minimum absolute atomic E-state index is 0.157. The molecule has 0 radical (unpaired) electrons. The molecule has 1 aliphatic heterocycles. The van der Waals surface area contributed by atoms with Crippen LogP contribution in [0.25, 0.3) is 11.0 Å². The van der Waals surface area contributed by atoms with E-state index in [2.05, 4.69) is 30.2 Å². The van der Waals surface area contributed by atoms with Crippen LogP contribution >= 0.6 is 11.3 Å². The van der Waals surface area contributed by atoms with Gasteiger partial charge in [-0.3, -0.25) is 19.2 Å². The number of aromatic nitrogens is 4. The van der Waals surface area contributed by atoms with Gasteiger partial charge >= 0.3 is 0 Å². The highest BCUT2D eigenvalue weighted by molar-refractivity contribution is 7.14. The van der Waals surface area contributed by atoms with Crippen LogP contribution in [0, 0.1) is 0 Å². The van der Waals surface area contributed by atoms with Gasteiger partial charge in [0.15, 0.2) is 5.65 Å². The molecule has 4 heterocycles. The van der Waals surface area contributed by atoms with Gasteiger partial charge in [-0.25, -0.2) is 9.97 Å². The molecular weight excluding hydrogens is 380 g/mol. The molecule has 28 heavy (non-hydrogen) atoms. The number of thiophene rings is 1. The number of primary amides is 1. The second-order valence-corrected chi connectivity index (χ2v) is 7.46.